The van der Waals surface area contributed by atoms with Crippen molar-refractivity contribution in [3.05, 3.63) is 41.8 Å². The molecule has 0 unspecified atom stereocenters. The Morgan fingerprint density at radius 1 is 1.16 bits per heavy atom. The van der Waals surface area contributed by atoms with Gasteiger partial charge in [0.25, 0.3) is 0 Å². The first-order chi connectivity index (χ1) is 12.2. The lowest BCUT2D eigenvalue weighted by Crippen LogP contribution is -2.30. The second-order valence-electron chi connectivity index (χ2n) is 5.59. The maximum absolute atomic E-state index is 11.8. The van der Waals surface area contributed by atoms with E-state index in [-0.39, 0.29) is 24.7 Å². The second-order valence-corrected chi connectivity index (χ2v) is 5.59. The third-order valence-electron chi connectivity index (χ3n) is 3.44. The van der Waals surface area contributed by atoms with E-state index >= 15 is 0 Å². The normalized spacial score (nSPS) is 10.4. The lowest BCUT2D eigenvalue weighted by molar-refractivity contribution is -0.122. The van der Waals surface area contributed by atoms with Crippen LogP contribution in [0.15, 0.2) is 29.0 Å². The van der Waals surface area contributed by atoms with Crippen LogP contribution in [-0.2, 0) is 29.0 Å². The van der Waals surface area contributed by atoms with E-state index in [0.717, 1.165) is 18.4 Å². The van der Waals surface area contributed by atoms with Crippen LogP contribution >= 0.6 is 0 Å². The van der Waals surface area contributed by atoms with Crippen molar-refractivity contribution < 1.29 is 14.1 Å². The van der Waals surface area contributed by atoms with Gasteiger partial charge in [0.15, 0.2) is 5.82 Å². The van der Waals surface area contributed by atoms with E-state index in [2.05, 4.69) is 25.8 Å². The lowest BCUT2D eigenvalue weighted by atomic mass is 10.2. The minimum atomic E-state index is -0.143. The minimum absolute atomic E-state index is 0.120. The van der Waals surface area contributed by atoms with Gasteiger partial charge in [-0.1, -0.05) is 18.1 Å². The summed E-state index contributed by atoms with van der Waals surface area (Å²) in [5.74, 6) is 0.872. The van der Waals surface area contributed by atoms with Gasteiger partial charge in [0.1, 0.15) is 0 Å². The van der Waals surface area contributed by atoms with E-state index in [9.17, 15) is 9.59 Å². The third-order valence-corrected chi connectivity index (χ3v) is 3.44. The van der Waals surface area contributed by atoms with Crippen LogP contribution in [0.2, 0.25) is 0 Å². The van der Waals surface area contributed by atoms with E-state index in [0.29, 0.717) is 31.2 Å². The average molecular weight is 345 g/mol. The fourth-order valence-electron chi connectivity index (χ4n) is 2.13. The molecule has 2 aromatic rings. The molecular weight excluding hydrogens is 322 g/mol. The Labute approximate surface area is 146 Å². The van der Waals surface area contributed by atoms with Gasteiger partial charge in [0.2, 0.25) is 17.7 Å². The molecule has 0 radical (unpaired) electrons. The molecule has 2 aromatic heterocycles. The highest BCUT2D eigenvalue weighted by Crippen LogP contribution is 2.03. The maximum Gasteiger partial charge on any atom is 0.227 e. The zero-order valence-electron chi connectivity index (χ0n) is 14.3. The van der Waals surface area contributed by atoms with Crippen LogP contribution in [0.4, 0.5) is 0 Å². The van der Waals surface area contributed by atoms with Crippen LogP contribution in [0.5, 0.6) is 0 Å². The molecule has 0 aliphatic rings. The summed E-state index contributed by atoms with van der Waals surface area (Å²) in [6.07, 6.45) is 5.98. The number of nitrogens with zero attached hydrogens (tertiary/aromatic N) is 3. The Morgan fingerprint density at radius 2 is 2.00 bits per heavy atom. The Hall–Kier alpha value is -2.77. The molecule has 2 amide bonds. The number of aryl methyl sites for hydroxylation is 2. The molecule has 0 bridgehead atoms. The van der Waals surface area contributed by atoms with Gasteiger partial charge in [-0.3, -0.25) is 14.6 Å². The topological polar surface area (TPSA) is 110 Å². The summed E-state index contributed by atoms with van der Waals surface area (Å²) in [6.45, 7) is 2.76. The summed E-state index contributed by atoms with van der Waals surface area (Å²) in [7, 11) is 0. The number of rotatable bonds is 10. The molecule has 2 N–H and O–H groups in total. The number of nitrogens with one attached hydrogen (secondary N) is 2. The highest BCUT2D eigenvalue weighted by Gasteiger charge is 2.09. The van der Waals surface area contributed by atoms with E-state index in [1.807, 2.05) is 19.1 Å². The van der Waals surface area contributed by atoms with Crippen LogP contribution in [0, 0.1) is 0 Å². The maximum atomic E-state index is 11.8. The van der Waals surface area contributed by atoms with E-state index in [1.165, 1.54) is 0 Å². The molecule has 2 rings (SSSR count). The molecule has 0 atom stereocenters. The molecule has 0 aliphatic carbocycles. The number of carbonyl (C=O) groups is 2. The molecule has 0 aromatic carbocycles. The summed E-state index contributed by atoms with van der Waals surface area (Å²) in [6, 6.07) is 3.70. The number of aromatic nitrogens is 3. The van der Waals surface area contributed by atoms with E-state index in [1.54, 1.807) is 12.4 Å². The Kier molecular flexibility index (Phi) is 7.55. The van der Waals surface area contributed by atoms with Crippen LogP contribution in [0.25, 0.3) is 0 Å². The second kappa shape index (κ2) is 10.2. The van der Waals surface area contributed by atoms with Crippen LogP contribution in [0.1, 0.15) is 43.5 Å². The van der Waals surface area contributed by atoms with Gasteiger partial charge < -0.3 is 15.2 Å². The lowest BCUT2D eigenvalue weighted by Gasteiger charge is -2.06. The smallest absolute Gasteiger partial charge is 0.227 e. The van der Waals surface area contributed by atoms with Crippen LogP contribution in [0.3, 0.4) is 0 Å². The summed E-state index contributed by atoms with van der Waals surface area (Å²) >= 11 is 0. The quantitative estimate of drug-likeness (QED) is 0.669. The molecule has 8 heteroatoms. The van der Waals surface area contributed by atoms with Gasteiger partial charge in [-0.15, -0.1) is 0 Å². The molecule has 0 saturated heterocycles. The first kappa shape index (κ1) is 18.6. The standard InChI is InChI=1S/C17H23N5O3/c1-2-4-14-21-17(25-22-14)7-6-15(23)19-10-8-16(24)20-12-13-5-3-9-18-11-13/h3,5,9,11H,2,4,6-8,10,12H2,1H3,(H,19,23)(H,20,24). The van der Waals surface area contributed by atoms with Crippen molar-refractivity contribution >= 4 is 11.8 Å². The van der Waals surface area contributed by atoms with Crippen LogP contribution < -0.4 is 10.6 Å². The summed E-state index contributed by atoms with van der Waals surface area (Å²) in [5, 5.41) is 9.33. The molecule has 0 spiro atoms. The molecular formula is C17H23N5O3. The van der Waals surface area contributed by atoms with Crippen molar-refractivity contribution in [2.45, 2.75) is 45.6 Å². The van der Waals surface area contributed by atoms with Crippen molar-refractivity contribution in [3.63, 3.8) is 0 Å². The van der Waals surface area contributed by atoms with Gasteiger partial charge in [0, 0.05) is 51.2 Å². The predicted molar refractivity (Wildman–Crippen MR) is 90.3 cm³/mol. The highest BCUT2D eigenvalue weighted by molar-refractivity contribution is 5.79. The molecule has 0 fully saturated rings. The Morgan fingerprint density at radius 3 is 2.76 bits per heavy atom. The minimum Gasteiger partial charge on any atom is -0.356 e. The first-order valence-corrected chi connectivity index (χ1v) is 8.41. The van der Waals surface area contributed by atoms with Gasteiger partial charge in [0.05, 0.1) is 0 Å². The number of hydrogen-bond acceptors (Lipinski definition) is 6. The fraction of sp³-hybridized carbons (Fsp3) is 0.471. The first-order valence-electron chi connectivity index (χ1n) is 8.41. The van der Waals surface area contributed by atoms with Gasteiger partial charge in [-0.25, -0.2) is 0 Å². The van der Waals surface area contributed by atoms with Crippen LogP contribution in [-0.4, -0.2) is 33.5 Å². The SMILES string of the molecule is CCCc1noc(CCC(=O)NCCC(=O)NCc2cccnc2)n1. The van der Waals surface area contributed by atoms with Crippen molar-refractivity contribution in [3.8, 4) is 0 Å². The number of pyridine rings is 1. The Bertz CT molecular complexity index is 672. The molecule has 2 heterocycles. The molecule has 25 heavy (non-hydrogen) atoms. The number of hydrogen-bond donors (Lipinski definition) is 2. The highest BCUT2D eigenvalue weighted by atomic mass is 16.5. The zero-order valence-corrected chi connectivity index (χ0v) is 14.3. The van der Waals surface area contributed by atoms with Crippen molar-refractivity contribution in [2.24, 2.45) is 0 Å². The van der Waals surface area contributed by atoms with E-state index < -0.39 is 0 Å². The average Bonchev–Trinajstić information content (AvgIpc) is 3.07. The van der Waals surface area contributed by atoms with Gasteiger partial charge >= 0.3 is 0 Å². The monoisotopic (exact) mass is 345 g/mol. The Balaban J connectivity index is 1.57. The predicted octanol–water partition coefficient (Wildman–Crippen LogP) is 1.17. The molecule has 134 valence electrons. The number of carbonyl (C=O) groups excluding carboxylic acids is 2. The number of amides is 2. The van der Waals surface area contributed by atoms with Crippen molar-refractivity contribution in [1.29, 1.82) is 0 Å². The summed E-state index contributed by atoms with van der Waals surface area (Å²) < 4.78 is 5.07. The van der Waals surface area contributed by atoms with Gasteiger partial charge in [-0.05, 0) is 18.1 Å². The largest absolute Gasteiger partial charge is 0.356 e. The molecule has 0 saturated carbocycles. The van der Waals surface area contributed by atoms with Crippen molar-refractivity contribution in [2.75, 3.05) is 6.54 Å². The summed E-state index contributed by atoms with van der Waals surface area (Å²) in [4.78, 5) is 31.7. The van der Waals surface area contributed by atoms with Gasteiger partial charge in [-0.2, -0.15) is 4.98 Å². The fourth-order valence-corrected chi connectivity index (χ4v) is 2.13. The van der Waals surface area contributed by atoms with Crippen molar-refractivity contribution in [1.82, 2.24) is 25.8 Å². The third kappa shape index (κ3) is 7.11. The van der Waals surface area contributed by atoms with E-state index in [4.69, 9.17) is 4.52 Å². The molecule has 0 aliphatic heterocycles. The zero-order chi connectivity index (χ0) is 17.9. The molecule has 8 nitrogen and oxygen atoms in total. The summed E-state index contributed by atoms with van der Waals surface area (Å²) in [5.41, 5.74) is 0.932.